The number of ether oxygens (including phenoxy) is 1. The normalized spacial score (nSPS) is 23.6. The van der Waals surface area contributed by atoms with Crippen molar-refractivity contribution in [1.82, 2.24) is 0 Å². The van der Waals surface area contributed by atoms with Gasteiger partial charge in [0.1, 0.15) is 6.10 Å². The predicted octanol–water partition coefficient (Wildman–Crippen LogP) is 2.54. The van der Waals surface area contributed by atoms with Gasteiger partial charge in [-0.15, -0.1) is 0 Å². The van der Waals surface area contributed by atoms with E-state index >= 15 is 0 Å². The van der Waals surface area contributed by atoms with E-state index in [4.69, 9.17) is 16.3 Å². The first-order valence-corrected chi connectivity index (χ1v) is 5.75. The van der Waals surface area contributed by atoms with Crippen molar-refractivity contribution in [3.8, 4) is 5.75 Å². The average Bonchev–Trinajstić information content (AvgIpc) is 2.67. The monoisotopic (exact) mass is 257 g/mol. The van der Waals surface area contributed by atoms with Crippen molar-refractivity contribution in [2.75, 3.05) is 0 Å². The number of aliphatic hydroxyl groups is 1. The van der Waals surface area contributed by atoms with Crippen LogP contribution in [-0.2, 0) is 0 Å². The molecule has 0 radical (unpaired) electrons. The minimum absolute atomic E-state index is 0.0464. The SMILES string of the molecule is O=[N+]([O-])c1cccc(Cl)c1O[C@@H]1CCC[C@H]1O. The number of aliphatic hydroxyl groups excluding tert-OH is 1. The number of nitro benzene ring substituents is 1. The lowest BCUT2D eigenvalue weighted by Gasteiger charge is -2.17. The zero-order valence-corrected chi connectivity index (χ0v) is 9.76. The lowest BCUT2D eigenvalue weighted by Crippen LogP contribution is -2.26. The van der Waals surface area contributed by atoms with Gasteiger partial charge in [0.25, 0.3) is 0 Å². The van der Waals surface area contributed by atoms with Crippen LogP contribution in [0.25, 0.3) is 0 Å². The van der Waals surface area contributed by atoms with E-state index in [-0.39, 0.29) is 16.5 Å². The average molecular weight is 258 g/mol. The molecule has 0 spiro atoms. The minimum Gasteiger partial charge on any atom is -0.480 e. The smallest absolute Gasteiger partial charge is 0.312 e. The van der Waals surface area contributed by atoms with Crippen LogP contribution in [0.1, 0.15) is 19.3 Å². The third-order valence-corrected chi connectivity index (χ3v) is 3.13. The standard InChI is InChI=1S/C11H12ClNO4/c12-7-3-1-4-8(13(15)16)11(7)17-10-6-2-5-9(10)14/h1,3-4,9-10,14H,2,5-6H2/t9-,10-/m1/s1. The highest BCUT2D eigenvalue weighted by Gasteiger charge is 2.30. The molecule has 0 saturated heterocycles. The number of nitrogens with zero attached hydrogens (tertiary/aromatic N) is 1. The van der Waals surface area contributed by atoms with Crippen LogP contribution in [-0.4, -0.2) is 22.2 Å². The molecule has 5 nitrogen and oxygen atoms in total. The number of nitro groups is 1. The Morgan fingerprint density at radius 1 is 1.47 bits per heavy atom. The molecule has 1 fully saturated rings. The molecule has 17 heavy (non-hydrogen) atoms. The van der Waals surface area contributed by atoms with Crippen molar-refractivity contribution in [3.05, 3.63) is 33.3 Å². The molecule has 0 aliphatic heterocycles. The summed E-state index contributed by atoms with van der Waals surface area (Å²) >= 11 is 5.89. The first-order chi connectivity index (χ1) is 8.09. The predicted molar refractivity (Wildman–Crippen MR) is 62.4 cm³/mol. The van der Waals surface area contributed by atoms with Crippen molar-refractivity contribution in [3.63, 3.8) is 0 Å². The molecular formula is C11H12ClNO4. The van der Waals surface area contributed by atoms with Crippen molar-refractivity contribution >= 4 is 17.3 Å². The summed E-state index contributed by atoms with van der Waals surface area (Å²) < 4.78 is 5.49. The summed E-state index contributed by atoms with van der Waals surface area (Å²) in [5.74, 6) is 0.0464. The molecule has 0 heterocycles. The summed E-state index contributed by atoms with van der Waals surface area (Å²) in [6, 6.07) is 4.37. The maximum Gasteiger partial charge on any atom is 0.312 e. The molecule has 0 unspecified atom stereocenters. The molecule has 1 N–H and O–H groups in total. The van der Waals surface area contributed by atoms with E-state index in [0.717, 1.165) is 6.42 Å². The van der Waals surface area contributed by atoms with Gasteiger partial charge < -0.3 is 9.84 Å². The van der Waals surface area contributed by atoms with Gasteiger partial charge in [-0.1, -0.05) is 17.7 Å². The van der Waals surface area contributed by atoms with Crippen LogP contribution in [0, 0.1) is 10.1 Å². The van der Waals surface area contributed by atoms with E-state index in [1.165, 1.54) is 18.2 Å². The molecule has 0 aromatic heterocycles. The second kappa shape index (κ2) is 4.89. The molecule has 2 atom stereocenters. The Morgan fingerprint density at radius 3 is 2.82 bits per heavy atom. The van der Waals surface area contributed by atoms with E-state index in [1.54, 1.807) is 0 Å². The third-order valence-electron chi connectivity index (χ3n) is 2.83. The maximum atomic E-state index is 10.8. The van der Waals surface area contributed by atoms with Crippen LogP contribution in [0.2, 0.25) is 5.02 Å². The van der Waals surface area contributed by atoms with E-state index in [0.29, 0.717) is 12.8 Å². The van der Waals surface area contributed by atoms with Gasteiger partial charge in [-0.3, -0.25) is 10.1 Å². The van der Waals surface area contributed by atoms with Crippen molar-refractivity contribution < 1.29 is 14.8 Å². The van der Waals surface area contributed by atoms with Crippen LogP contribution in [0.15, 0.2) is 18.2 Å². The van der Waals surface area contributed by atoms with Crippen LogP contribution in [0.4, 0.5) is 5.69 Å². The Labute approximate surface area is 103 Å². The number of hydrogen-bond acceptors (Lipinski definition) is 4. The van der Waals surface area contributed by atoms with E-state index < -0.39 is 17.1 Å². The van der Waals surface area contributed by atoms with Crippen molar-refractivity contribution in [2.24, 2.45) is 0 Å². The molecule has 1 saturated carbocycles. The van der Waals surface area contributed by atoms with Gasteiger partial charge in [-0.25, -0.2) is 0 Å². The van der Waals surface area contributed by atoms with Crippen molar-refractivity contribution in [2.45, 2.75) is 31.5 Å². The zero-order chi connectivity index (χ0) is 12.4. The molecule has 1 aromatic carbocycles. The highest BCUT2D eigenvalue weighted by molar-refractivity contribution is 6.32. The quantitative estimate of drug-likeness (QED) is 0.667. The fourth-order valence-electron chi connectivity index (χ4n) is 1.95. The lowest BCUT2D eigenvalue weighted by atomic mass is 10.2. The Morgan fingerprint density at radius 2 is 2.24 bits per heavy atom. The van der Waals surface area contributed by atoms with Crippen LogP contribution >= 0.6 is 11.6 Å². The van der Waals surface area contributed by atoms with E-state index in [1.807, 2.05) is 0 Å². The fraction of sp³-hybridized carbons (Fsp3) is 0.455. The molecule has 0 bridgehead atoms. The van der Waals surface area contributed by atoms with Gasteiger partial charge in [0, 0.05) is 6.07 Å². The number of para-hydroxylation sites is 1. The topological polar surface area (TPSA) is 72.6 Å². The first-order valence-electron chi connectivity index (χ1n) is 5.37. The number of hydrogen-bond donors (Lipinski definition) is 1. The van der Waals surface area contributed by atoms with Gasteiger partial charge in [0.2, 0.25) is 5.75 Å². The van der Waals surface area contributed by atoms with E-state index in [2.05, 4.69) is 0 Å². The summed E-state index contributed by atoms with van der Waals surface area (Å²) in [6.45, 7) is 0. The van der Waals surface area contributed by atoms with Gasteiger partial charge in [0.05, 0.1) is 16.0 Å². The van der Waals surface area contributed by atoms with Gasteiger partial charge in [0.15, 0.2) is 0 Å². The Kier molecular flexibility index (Phi) is 3.49. The van der Waals surface area contributed by atoms with Crippen LogP contribution in [0.3, 0.4) is 0 Å². The fourth-order valence-corrected chi connectivity index (χ4v) is 2.17. The van der Waals surface area contributed by atoms with Gasteiger partial charge in [-0.05, 0) is 25.3 Å². The zero-order valence-electron chi connectivity index (χ0n) is 9.01. The summed E-state index contributed by atoms with van der Waals surface area (Å²) in [5, 5.41) is 20.7. The highest BCUT2D eigenvalue weighted by atomic mass is 35.5. The third kappa shape index (κ3) is 2.50. The second-order valence-electron chi connectivity index (χ2n) is 4.00. The summed E-state index contributed by atoms with van der Waals surface area (Å²) in [6.07, 6.45) is 1.20. The lowest BCUT2D eigenvalue weighted by molar-refractivity contribution is -0.386. The summed E-state index contributed by atoms with van der Waals surface area (Å²) in [4.78, 5) is 10.3. The Hall–Kier alpha value is -1.33. The maximum absolute atomic E-state index is 10.8. The highest BCUT2D eigenvalue weighted by Crippen LogP contribution is 2.37. The summed E-state index contributed by atoms with van der Waals surface area (Å²) in [5.41, 5.74) is -0.170. The molecule has 1 aromatic rings. The molecule has 1 aliphatic carbocycles. The van der Waals surface area contributed by atoms with Gasteiger partial charge in [-0.2, -0.15) is 0 Å². The molecule has 1 aliphatic rings. The molecule has 92 valence electrons. The van der Waals surface area contributed by atoms with Crippen LogP contribution < -0.4 is 4.74 Å². The molecular weight excluding hydrogens is 246 g/mol. The van der Waals surface area contributed by atoms with Crippen molar-refractivity contribution in [1.29, 1.82) is 0 Å². The second-order valence-corrected chi connectivity index (χ2v) is 4.41. The molecule has 0 amide bonds. The van der Waals surface area contributed by atoms with Gasteiger partial charge >= 0.3 is 5.69 Å². The first kappa shape index (κ1) is 12.1. The number of halogens is 1. The molecule has 2 rings (SSSR count). The Balaban J connectivity index is 2.27. The number of rotatable bonds is 3. The summed E-state index contributed by atoms with van der Waals surface area (Å²) in [7, 11) is 0. The van der Waals surface area contributed by atoms with Crippen LogP contribution in [0.5, 0.6) is 5.75 Å². The molecule has 6 heteroatoms. The van der Waals surface area contributed by atoms with E-state index in [9.17, 15) is 15.2 Å². The number of benzene rings is 1. The largest absolute Gasteiger partial charge is 0.480 e. The Bertz CT molecular complexity index is 437. The minimum atomic E-state index is -0.578.